The van der Waals surface area contributed by atoms with Crippen LogP contribution in [0.15, 0.2) is 88.7 Å². The SMILES string of the molecule is O=S(=O)(Nc1ccc(S(=O)(=O)C(F)(F)F)cc1-c1ccccc1)c1ccccc1. The number of rotatable bonds is 5. The van der Waals surface area contributed by atoms with Crippen molar-refractivity contribution in [2.24, 2.45) is 0 Å². The van der Waals surface area contributed by atoms with Crippen molar-refractivity contribution in [1.82, 2.24) is 0 Å². The largest absolute Gasteiger partial charge is 0.501 e. The van der Waals surface area contributed by atoms with Crippen molar-refractivity contribution < 1.29 is 30.0 Å². The Morgan fingerprint density at radius 1 is 0.690 bits per heavy atom. The molecule has 29 heavy (non-hydrogen) atoms. The van der Waals surface area contributed by atoms with Gasteiger partial charge in [-0.25, -0.2) is 16.8 Å². The van der Waals surface area contributed by atoms with Gasteiger partial charge in [0.1, 0.15) is 0 Å². The van der Waals surface area contributed by atoms with E-state index in [-0.39, 0.29) is 16.1 Å². The Morgan fingerprint density at radius 2 is 1.24 bits per heavy atom. The summed E-state index contributed by atoms with van der Waals surface area (Å²) in [5.74, 6) is 0. The van der Waals surface area contributed by atoms with E-state index in [1.807, 2.05) is 0 Å². The first-order chi connectivity index (χ1) is 13.5. The molecule has 10 heteroatoms. The summed E-state index contributed by atoms with van der Waals surface area (Å²) in [4.78, 5) is -1.03. The minimum absolute atomic E-state index is 0.00423. The zero-order valence-electron chi connectivity index (χ0n) is 14.6. The number of hydrogen-bond donors (Lipinski definition) is 1. The molecule has 0 aliphatic carbocycles. The van der Waals surface area contributed by atoms with Gasteiger partial charge in [0.05, 0.1) is 15.5 Å². The van der Waals surface area contributed by atoms with Crippen LogP contribution in [0.2, 0.25) is 0 Å². The fourth-order valence-electron chi connectivity index (χ4n) is 2.57. The number of sulfone groups is 1. The van der Waals surface area contributed by atoms with Gasteiger partial charge in [0, 0.05) is 5.56 Å². The monoisotopic (exact) mass is 441 g/mol. The summed E-state index contributed by atoms with van der Waals surface area (Å²) >= 11 is 0. The maximum Gasteiger partial charge on any atom is 0.501 e. The highest BCUT2D eigenvalue weighted by Gasteiger charge is 2.47. The quantitative estimate of drug-likeness (QED) is 0.635. The molecule has 0 saturated carbocycles. The molecule has 0 aliphatic rings. The van der Waals surface area contributed by atoms with Gasteiger partial charge in [-0.2, -0.15) is 13.2 Å². The number of sulfonamides is 1. The number of nitrogens with one attached hydrogen (secondary N) is 1. The van der Waals surface area contributed by atoms with Gasteiger partial charge >= 0.3 is 5.51 Å². The Hall–Kier alpha value is -2.85. The number of alkyl halides is 3. The first-order valence-corrected chi connectivity index (χ1v) is 11.1. The van der Waals surface area contributed by atoms with E-state index < -0.39 is 30.3 Å². The van der Waals surface area contributed by atoms with Gasteiger partial charge in [-0.3, -0.25) is 4.72 Å². The van der Waals surface area contributed by atoms with Gasteiger partial charge in [0.15, 0.2) is 0 Å². The van der Waals surface area contributed by atoms with E-state index in [1.54, 1.807) is 24.3 Å². The third kappa shape index (κ3) is 4.28. The predicted molar refractivity (Wildman–Crippen MR) is 102 cm³/mol. The minimum Gasteiger partial charge on any atom is -0.279 e. The summed E-state index contributed by atoms with van der Waals surface area (Å²) in [5.41, 5.74) is -5.19. The van der Waals surface area contributed by atoms with Crippen LogP contribution in [0.5, 0.6) is 0 Å². The molecule has 0 fully saturated rings. The van der Waals surface area contributed by atoms with Crippen LogP contribution in [0.25, 0.3) is 11.1 Å². The maximum atomic E-state index is 12.9. The molecule has 0 unspecified atom stereocenters. The van der Waals surface area contributed by atoms with Gasteiger partial charge in [0.2, 0.25) is 0 Å². The lowest BCUT2D eigenvalue weighted by atomic mass is 10.0. The fraction of sp³-hybridized carbons (Fsp3) is 0.0526. The summed E-state index contributed by atoms with van der Waals surface area (Å²) in [6.07, 6.45) is 0. The molecule has 1 N–H and O–H groups in total. The van der Waals surface area contributed by atoms with E-state index >= 15 is 0 Å². The zero-order chi connectivity index (χ0) is 21.3. The van der Waals surface area contributed by atoms with Crippen LogP contribution < -0.4 is 4.72 Å². The summed E-state index contributed by atoms with van der Waals surface area (Å²) in [6, 6.07) is 17.8. The van der Waals surface area contributed by atoms with Crippen LogP contribution in [0.1, 0.15) is 0 Å². The first-order valence-electron chi connectivity index (χ1n) is 8.11. The van der Waals surface area contributed by atoms with Crippen LogP contribution in [-0.2, 0) is 19.9 Å². The highest BCUT2D eigenvalue weighted by Crippen LogP contribution is 2.36. The summed E-state index contributed by atoms with van der Waals surface area (Å²) in [5, 5.41) is 0. The van der Waals surface area contributed by atoms with Crippen molar-refractivity contribution in [2.75, 3.05) is 4.72 Å². The Labute approximate surface area is 165 Å². The summed E-state index contributed by atoms with van der Waals surface area (Å²) in [6.45, 7) is 0. The third-order valence-electron chi connectivity index (χ3n) is 3.99. The average molecular weight is 441 g/mol. The fourth-order valence-corrected chi connectivity index (χ4v) is 4.46. The van der Waals surface area contributed by atoms with E-state index in [4.69, 9.17) is 0 Å². The lowest BCUT2D eigenvalue weighted by Crippen LogP contribution is -2.23. The normalized spacial score (nSPS) is 12.5. The lowest BCUT2D eigenvalue weighted by Gasteiger charge is -2.15. The zero-order valence-corrected chi connectivity index (χ0v) is 16.2. The van der Waals surface area contributed by atoms with E-state index in [2.05, 4.69) is 4.72 Å². The molecule has 0 bridgehead atoms. The molecule has 0 aromatic heterocycles. The molecule has 5 nitrogen and oxygen atoms in total. The Morgan fingerprint density at radius 3 is 1.79 bits per heavy atom. The van der Waals surface area contributed by atoms with Crippen molar-refractivity contribution in [2.45, 2.75) is 15.3 Å². The molecule has 0 spiro atoms. The van der Waals surface area contributed by atoms with Crippen molar-refractivity contribution in [3.63, 3.8) is 0 Å². The summed E-state index contributed by atoms with van der Waals surface area (Å²) < 4.78 is 90.0. The van der Waals surface area contributed by atoms with Crippen LogP contribution in [0.3, 0.4) is 0 Å². The predicted octanol–water partition coefficient (Wildman–Crippen LogP) is 4.45. The molecule has 0 atom stereocenters. The molecule has 0 aliphatic heterocycles. The van der Waals surface area contributed by atoms with Crippen LogP contribution in [0, 0.1) is 0 Å². The maximum absolute atomic E-state index is 12.9. The molecule has 152 valence electrons. The average Bonchev–Trinajstić information content (AvgIpc) is 2.68. The molecule has 3 rings (SSSR count). The highest BCUT2D eigenvalue weighted by atomic mass is 32.2. The molecule has 0 amide bonds. The number of hydrogen-bond acceptors (Lipinski definition) is 4. The first kappa shape index (κ1) is 20.9. The van der Waals surface area contributed by atoms with Crippen molar-refractivity contribution in [3.05, 3.63) is 78.9 Å². The Kier molecular flexibility index (Phi) is 5.42. The van der Waals surface area contributed by atoms with E-state index in [9.17, 15) is 30.0 Å². The van der Waals surface area contributed by atoms with Crippen molar-refractivity contribution in [1.29, 1.82) is 0 Å². The Balaban J connectivity index is 2.16. The second-order valence-corrected chi connectivity index (χ2v) is 9.56. The lowest BCUT2D eigenvalue weighted by molar-refractivity contribution is -0.0436. The van der Waals surface area contributed by atoms with Crippen LogP contribution >= 0.6 is 0 Å². The van der Waals surface area contributed by atoms with Gasteiger partial charge in [0.25, 0.3) is 19.9 Å². The van der Waals surface area contributed by atoms with Gasteiger partial charge in [-0.1, -0.05) is 48.5 Å². The second-order valence-electron chi connectivity index (χ2n) is 5.94. The Bertz CT molecular complexity index is 1230. The molecule has 3 aromatic rings. The second kappa shape index (κ2) is 7.53. The van der Waals surface area contributed by atoms with Gasteiger partial charge in [-0.05, 0) is 35.9 Å². The molecule has 3 aromatic carbocycles. The van der Waals surface area contributed by atoms with E-state index in [1.165, 1.54) is 36.4 Å². The van der Waals surface area contributed by atoms with Gasteiger partial charge in [-0.15, -0.1) is 0 Å². The number of halogens is 3. The molecular weight excluding hydrogens is 427 g/mol. The van der Waals surface area contributed by atoms with Crippen molar-refractivity contribution in [3.8, 4) is 11.1 Å². The molecule has 0 heterocycles. The topological polar surface area (TPSA) is 80.3 Å². The molecule has 0 radical (unpaired) electrons. The van der Waals surface area contributed by atoms with Crippen LogP contribution in [0.4, 0.5) is 18.9 Å². The van der Waals surface area contributed by atoms with E-state index in [0.717, 1.165) is 18.2 Å². The number of anilines is 1. The van der Waals surface area contributed by atoms with Gasteiger partial charge < -0.3 is 0 Å². The number of benzene rings is 3. The highest BCUT2D eigenvalue weighted by molar-refractivity contribution is 7.93. The molecule has 0 saturated heterocycles. The smallest absolute Gasteiger partial charge is 0.279 e. The van der Waals surface area contributed by atoms with Crippen LogP contribution in [-0.4, -0.2) is 22.3 Å². The third-order valence-corrected chi connectivity index (χ3v) is 6.85. The van der Waals surface area contributed by atoms with E-state index in [0.29, 0.717) is 5.56 Å². The standard InChI is InChI=1S/C19H14F3NO4S2/c20-19(21,22)28(24,25)16-11-12-18(17(13-16)14-7-3-1-4-8-14)23-29(26,27)15-9-5-2-6-10-15/h1-13,23H. The summed E-state index contributed by atoms with van der Waals surface area (Å²) in [7, 11) is -9.64. The minimum atomic E-state index is -5.60. The molecular formula is C19H14F3NO4S2. The van der Waals surface area contributed by atoms with Crippen molar-refractivity contribution >= 4 is 25.5 Å².